The lowest BCUT2D eigenvalue weighted by Crippen LogP contribution is -2.25. The highest BCUT2D eigenvalue weighted by molar-refractivity contribution is 7.89. The van der Waals surface area contributed by atoms with Crippen LogP contribution in [0.15, 0.2) is 35.6 Å². The maximum atomic E-state index is 12.1. The topological polar surface area (TPSA) is 109 Å². The fourth-order valence-electron chi connectivity index (χ4n) is 1.45. The Morgan fingerprint density at radius 1 is 1.30 bits per heavy atom. The predicted molar refractivity (Wildman–Crippen MR) is 69.7 cm³/mol. The van der Waals surface area contributed by atoms with Gasteiger partial charge in [0.2, 0.25) is 10.0 Å². The zero-order valence-corrected chi connectivity index (χ0v) is 11.4. The smallest absolute Gasteiger partial charge is 0.243 e. The fraction of sp³-hybridized carbons (Fsp3) is 0.167. The van der Waals surface area contributed by atoms with Crippen LogP contribution in [0.5, 0.6) is 0 Å². The molecule has 2 rings (SSSR count). The molecule has 2 heterocycles. The second-order valence-corrected chi connectivity index (χ2v) is 5.67. The van der Waals surface area contributed by atoms with Gasteiger partial charge in [-0.3, -0.25) is 9.97 Å². The number of nitriles is 1. The van der Waals surface area contributed by atoms with Crippen molar-refractivity contribution in [3.63, 3.8) is 0 Å². The lowest BCUT2D eigenvalue weighted by atomic mass is 10.4. The molecule has 0 fully saturated rings. The molecule has 0 aliphatic carbocycles. The lowest BCUT2D eigenvalue weighted by Gasteiger charge is -2.07. The van der Waals surface area contributed by atoms with E-state index in [1.165, 1.54) is 24.5 Å². The third-order valence-electron chi connectivity index (χ3n) is 2.44. The summed E-state index contributed by atoms with van der Waals surface area (Å²) in [7, 11) is -3.81. The number of aromatic nitrogens is 3. The van der Waals surface area contributed by atoms with Gasteiger partial charge in [-0.1, -0.05) is 0 Å². The van der Waals surface area contributed by atoms with Crippen LogP contribution >= 0.6 is 0 Å². The first kappa shape index (κ1) is 14.0. The molecule has 1 N–H and O–H groups in total. The van der Waals surface area contributed by atoms with E-state index >= 15 is 0 Å². The first-order chi connectivity index (χ1) is 9.53. The standard InChI is InChI=1S/C12H11N5O2S/c1-9-6-16-10(7-15-9)8-17-20(18,19)12-3-2-4-14-11(12)5-13/h2-4,6-7,17H,8H2,1H3. The van der Waals surface area contributed by atoms with Crippen LogP contribution in [0.25, 0.3) is 0 Å². The number of hydrogen-bond acceptors (Lipinski definition) is 6. The third kappa shape index (κ3) is 3.14. The van der Waals surface area contributed by atoms with Gasteiger partial charge in [0.1, 0.15) is 11.0 Å². The second kappa shape index (κ2) is 5.73. The Balaban J connectivity index is 2.20. The highest BCUT2D eigenvalue weighted by Gasteiger charge is 2.19. The molecule has 0 aliphatic rings. The average Bonchev–Trinajstić information content (AvgIpc) is 2.46. The van der Waals surface area contributed by atoms with Crippen molar-refractivity contribution in [2.24, 2.45) is 0 Å². The van der Waals surface area contributed by atoms with Crippen molar-refractivity contribution in [1.29, 1.82) is 5.26 Å². The minimum atomic E-state index is -3.81. The van der Waals surface area contributed by atoms with Gasteiger partial charge in [0, 0.05) is 12.4 Å². The van der Waals surface area contributed by atoms with E-state index in [4.69, 9.17) is 5.26 Å². The minimum Gasteiger partial charge on any atom is -0.258 e. The van der Waals surface area contributed by atoms with Gasteiger partial charge in [-0.05, 0) is 19.1 Å². The van der Waals surface area contributed by atoms with E-state index in [-0.39, 0.29) is 17.1 Å². The summed E-state index contributed by atoms with van der Waals surface area (Å²) in [4.78, 5) is 11.6. The van der Waals surface area contributed by atoms with Crippen molar-refractivity contribution >= 4 is 10.0 Å². The molecule has 7 nitrogen and oxygen atoms in total. The molecule has 0 aliphatic heterocycles. The van der Waals surface area contributed by atoms with Gasteiger partial charge in [0.25, 0.3) is 0 Å². The molecule has 0 unspecified atom stereocenters. The van der Waals surface area contributed by atoms with E-state index in [0.29, 0.717) is 5.69 Å². The van der Waals surface area contributed by atoms with Crippen molar-refractivity contribution in [3.8, 4) is 6.07 Å². The summed E-state index contributed by atoms with van der Waals surface area (Å²) < 4.78 is 26.6. The molecule has 8 heteroatoms. The molecule has 102 valence electrons. The largest absolute Gasteiger partial charge is 0.258 e. The molecule has 0 spiro atoms. The number of pyridine rings is 1. The Bertz CT molecular complexity index is 750. The molecule has 0 aromatic carbocycles. The van der Waals surface area contributed by atoms with E-state index in [9.17, 15) is 8.42 Å². The number of nitrogens with one attached hydrogen (secondary N) is 1. The summed E-state index contributed by atoms with van der Waals surface area (Å²) >= 11 is 0. The van der Waals surface area contributed by atoms with Crippen LogP contribution in [0.1, 0.15) is 17.1 Å². The summed E-state index contributed by atoms with van der Waals surface area (Å²) in [6, 6.07) is 4.54. The maximum Gasteiger partial charge on any atom is 0.243 e. The van der Waals surface area contributed by atoms with Gasteiger partial charge in [0.05, 0.1) is 24.1 Å². The Labute approximate surface area is 116 Å². The molecule has 2 aromatic rings. The van der Waals surface area contributed by atoms with Gasteiger partial charge in [0.15, 0.2) is 5.69 Å². The van der Waals surface area contributed by atoms with Crippen LogP contribution in [0.4, 0.5) is 0 Å². The van der Waals surface area contributed by atoms with Crippen molar-refractivity contribution < 1.29 is 8.42 Å². The van der Waals surface area contributed by atoms with E-state index in [1.807, 2.05) is 0 Å². The quantitative estimate of drug-likeness (QED) is 0.879. The second-order valence-electron chi connectivity index (χ2n) is 3.94. The third-order valence-corrected chi connectivity index (χ3v) is 3.88. The Morgan fingerprint density at radius 2 is 2.10 bits per heavy atom. The first-order valence-electron chi connectivity index (χ1n) is 5.65. The van der Waals surface area contributed by atoms with Crippen LogP contribution in [0, 0.1) is 18.3 Å². The summed E-state index contributed by atoms with van der Waals surface area (Å²) in [6.07, 6.45) is 4.41. The summed E-state index contributed by atoms with van der Waals surface area (Å²) in [6.45, 7) is 1.78. The SMILES string of the molecule is Cc1cnc(CNS(=O)(=O)c2cccnc2C#N)cn1. The Hall–Kier alpha value is -2.37. The Kier molecular flexibility index (Phi) is 4.02. The zero-order valence-electron chi connectivity index (χ0n) is 10.6. The highest BCUT2D eigenvalue weighted by Crippen LogP contribution is 2.12. The van der Waals surface area contributed by atoms with Crippen molar-refractivity contribution in [3.05, 3.63) is 47.8 Å². The summed E-state index contributed by atoms with van der Waals surface area (Å²) in [5, 5.41) is 8.87. The number of nitrogens with zero attached hydrogens (tertiary/aromatic N) is 4. The van der Waals surface area contributed by atoms with Crippen LogP contribution in [-0.4, -0.2) is 23.4 Å². The van der Waals surface area contributed by atoms with E-state index in [0.717, 1.165) is 5.69 Å². The van der Waals surface area contributed by atoms with Crippen LogP contribution in [-0.2, 0) is 16.6 Å². The van der Waals surface area contributed by atoms with Crippen molar-refractivity contribution in [2.45, 2.75) is 18.4 Å². The van der Waals surface area contributed by atoms with Gasteiger partial charge in [-0.2, -0.15) is 5.26 Å². The fourth-order valence-corrected chi connectivity index (χ4v) is 2.55. The van der Waals surface area contributed by atoms with Gasteiger partial charge in [-0.15, -0.1) is 0 Å². The molecule has 0 amide bonds. The zero-order chi connectivity index (χ0) is 14.6. The molecule has 0 saturated carbocycles. The molecular weight excluding hydrogens is 278 g/mol. The van der Waals surface area contributed by atoms with E-state index < -0.39 is 10.0 Å². The van der Waals surface area contributed by atoms with Gasteiger partial charge < -0.3 is 0 Å². The first-order valence-corrected chi connectivity index (χ1v) is 7.13. The normalized spacial score (nSPS) is 11.0. The van der Waals surface area contributed by atoms with Crippen LogP contribution < -0.4 is 4.72 Å². The van der Waals surface area contributed by atoms with Crippen LogP contribution in [0.3, 0.4) is 0 Å². The number of aryl methyl sites for hydroxylation is 1. The monoisotopic (exact) mass is 289 g/mol. The molecule has 2 aromatic heterocycles. The summed E-state index contributed by atoms with van der Waals surface area (Å²) in [5.74, 6) is 0. The number of hydrogen-bond donors (Lipinski definition) is 1. The van der Waals surface area contributed by atoms with Crippen LogP contribution in [0.2, 0.25) is 0 Å². The maximum absolute atomic E-state index is 12.1. The molecule has 20 heavy (non-hydrogen) atoms. The average molecular weight is 289 g/mol. The molecule has 0 radical (unpaired) electrons. The molecule has 0 saturated heterocycles. The van der Waals surface area contributed by atoms with Crippen molar-refractivity contribution in [2.75, 3.05) is 0 Å². The van der Waals surface area contributed by atoms with Crippen molar-refractivity contribution in [1.82, 2.24) is 19.7 Å². The predicted octanol–water partition coefficient (Wildman–Crippen LogP) is 0.530. The van der Waals surface area contributed by atoms with Gasteiger partial charge in [-0.25, -0.2) is 18.1 Å². The van der Waals surface area contributed by atoms with E-state index in [1.54, 1.807) is 19.2 Å². The van der Waals surface area contributed by atoms with E-state index in [2.05, 4.69) is 19.7 Å². The number of sulfonamides is 1. The Morgan fingerprint density at radius 3 is 2.75 bits per heavy atom. The minimum absolute atomic E-state index is 0.00459. The molecule has 0 atom stereocenters. The molecule has 0 bridgehead atoms. The molecular formula is C12H11N5O2S. The van der Waals surface area contributed by atoms with Gasteiger partial charge >= 0.3 is 0 Å². The summed E-state index contributed by atoms with van der Waals surface area (Å²) in [5.41, 5.74) is 1.09. The lowest BCUT2D eigenvalue weighted by molar-refractivity contribution is 0.579. The highest BCUT2D eigenvalue weighted by atomic mass is 32.2. The number of rotatable bonds is 4.